The van der Waals surface area contributed by atoms with E-state index in [1.165, 1.54) is 56.7 Å². The fourth-order valence-corrected chi connectivity index (χ4v) is 21.7. The highest BCUT2D eigenvalue weighted by molar-refractivity contribution is 7.46. The van der Waals surface area contributed by atoms with E-state index >= 15 is 0 Å². The molecule has 0 radical (unpaired) electrons. The second kappa shape index (κ2) is 37.4. The van der Waals surface area contributed by atoms with Crippen molar-refractivity contribution in [2.75, 3.05) is 59.0 Å². The molecule has 24 rings (SSSR count). The van der Waals surface area contributed by atoms with E-state index in [-0.39, 0.29) is 76.8 Å². The molecule has 0 aliphatic heterocycles. The SMILES string of the molecule is Cn1ccc2c([C@@H](c3cn(C45CC(C4)C5)nn3)N(C(=O)OCO)c3cc(Cl)c4ncc(C#N)c(NCC(C)(C)C)c4c3)cccc2c1=O.Cn1ccc2c([C@@H](c3cn(C45CC(C4)C5)nn3)N(C(=O)OCOP(=O)(O)O)c3cc(Cl)c4ncc(C#N)c(NCC(C)(C)C)c4c3)cccc2c1=O.Cn1ccc2c([C@H](Cc3cc(Cl)c4ncc(C#N)c(NCC(C)(C)C)c4c3)c3cn(C45CC(C4)C5)nn3)cccc2c1=O. The molecule has 734 valence electrons. The van der Waals surface area contributed by atoms with Crippen molar-refractivity contribution < 1.29 is 43.0 Å². The minimum atomic E-state index is -5.02. The average molecular weight is 2010 g/mol. The maximum atomic E-state index is 14.4. The number of aromatic nitrogens is 15. The Bertz CT molecular complexity index is 8040. The third-order valence-electron chi connectivity index (χ3n) is 28.4. The zero-order valence-corrected chi connectivity index (χ0v) is 83.9. The molecule has 143 heavy (non-hydrogen) atoms. The van der Waals surface area contributed by atoms with Crippen LogP contribution >= 0.6 is 42.6 Å². The Morgan fingerprint density at radius 3 is 1.15 bits per heavy atom. The van der Waals surface area contributed by atoms with Gasteiger partial charge in [0.05, 0.1) is 111 Å². The fourth-order valence-electron chi connectivity index (χ4n) is 20.7. The number of aryl methyl sites for hydroxylation is 3. The number of rotatable bonds is 25. The van der Waals surface area contributed by atoms with Crippen molar-refractivity contribution >= 4 is 148 Å². The second-order valence-corrected chi connectivity index (χ2v) is 44.8. The smallest absolute Gasteiger partial charge is 0.422 e. The Hall–Kier alpha value is -14.1. The van der Waals surface area contributed by atoms with Crippen LogP contribution in [0.4, 0.5) is 38.0 Å². The topological polar surface area (TPSA) is 450 Å². The number of nitrogens with one attached hydrogen (secondary N) is 3. The highest BCUT2D eigenvalue weighted by atomic mass is 35.5. The molecule has 39 heteroatoms. The Balaban J connectivity index is 0.000000137. The molecule has 3 atom stereocenters. The number of phosphoric ester groups is 1. The van der Waals surface area contributed by atoms with Gasteiger partial charge in [0.1, 0.15) is 41.7 Å². The van der Waals surface area contributed by atoms with Gasteiger partial charge in [-0.05, 0) is 209 Å². The minimum absolute atomic E-state index is 0.00641. The number of ether oxygens (including phenoxy) is 2. The summed E-state index contributed by atoms with van der Waals surface area (Å²) in [5.74, 6) is 1.99. The highest BCUT2D eigenvalue weighted by Crippen LogP contribution is 2.64. The van der Waals surface area contributed by atoms with Crippen molar-refractivity contribution in [1.29, 1.82) is 15.8 Å². The molecule has 6 bridgehead atoms. The largest absolute Gasteiger partial charge is 0.472 e. The molecule has 6 N–H and O–H groups in total. The van der Waals surface area contributed by atoms with Gasteiger partial charge in [0.25, 0.3) is 16.7 Å². The Kier molecular flexibility index (Phi) is 25.5. The highest BCUT2D eigenvalue weighted by Gasteiger charge is 2.61. The molecule has 9 aliphatic rings. The third kappa shape index (κ3) is 18.6. The molecular formula is C104H105Cl3N23O12P. The number of phosphoric acid groups is 1. The molecule has 35 nitrogen and oxygen atoms in total. The maximum absolute atomic E-state index is 14.4. The summed E-state index contributed by atoms with van der Waals surface area (Å²) < 4.78 is 37.0. The van der Waals surface area contributed by atoms with Crippen LogP contribution in [0.5, 0.6) is 0 Å². The van der Waals surface area contributed by atoms with Crippen molar-refractivity contribution in [2.24, 2.45) is 55.1 Å². The minimum Gasteiger partial charge on any atom is -0.422 e. The molecule has 15 aromatic rings. The van der Waals surface area contributed by atoms with Gasteiger partial charge in [-0.3, -0.25) is 39.1 Å². The Morgan fingerprint density at radius 1 is 0.476 bits per heavy atom. The number of hydrogen-bond acceptors (Lipinski definition) is 25. The normalized spacial score (nSPS) is 19.1. The summed E-state index contributed by atoms with van der Waals surface area (Å²) in [7, 11) is 0.0674. The summed E-state index contributed by atoms with van der Waals surface area (Å²) in [6.07, 6.45) is 23.4. The standard InChI is InChI=1S/C35H36ClN8O7P.C35H35ClN8O4.C34H34ClN7O/c1-34(2,3)18-39-29-21(15-37)16-38-30-26(29)10-22(11-27(30)36)44(33(46)50-19-51-52(47,48)49)31(28-17-43(41-40-28)35-12-20(13-35)14-35)24-6-5-7-25-23(24)8-9-42(4)32(25)45;1-34(2,3)18-39-29-21(15-37)16-38-30-26(29)10-22(11-27(30)36)44(33(47)48-19-45)31(28-17-43(41-40-28)35-12-20(13-35)14-35)24-6-5-7-25-23(24)8-9-42(4)32(25)46;1-33(2,3)19-38-30-22(16-36)17-37-31-27(30)11-20(12-28(31)35)10-26(29-18-42(40-39-29)34-13-21(14-34)15-34)23-6-5-7-25-24(23)8-9-41(4)32(25)43/h5-11,16-17,20,31H,12-14,18-19H2,1-4H3,(H,38,39)(H2,47,48,49);5-11,16-17,20,31,45H,12-14,18-19H2,1-4H3,(H,38,39);5-9,11-12,17-18,21,26H,10,13-15,19H2,1-4H3,(H,37,38)/t2*20?,31-,35?;21?,26-,34?/m000/s1. The Morgan fingerprint density at radius 2 is 0.811 bits per heavy atom. The van der Waals surface area contributed by atoms with Gasteiger partial charge >= 0.3 is 20.0 Å². The molecule has 9 fully saturated rings. The van der Waals surface area contributed by atoms with E-state index < -0.39 is 45.7 Å². The van der Waals surface area contributed by atoms with Crippen LogP contribution in [0.1, 0.15) is 194 Å². The number of aliphatic hydroxyl groups is 1. The molecule has 0 saturated heterocycles. The number of anilines is 5. The van der Waals surface area contributed by atoms with Crippen LogP contribution in [-0.4, -0.2) is 134 Å². The van der Waals surface area contributed by atoms with E-state index in [0.29, 0.717) is 148 Å². The lowest BCUT2D eigenvalue weighted by molar-refractivity contribution is -0.0990. The maximum Gasteiger partial charge on any atom is 0.472 e. The van der Waals surface area contributed by atoms with Crippen LogP contribution in [0.3, 0.4) is 0 Å². The van der Waals surface area contributed by atoms with E-state index in [9.17, 15) is 59.2 Å². The first-order chi connectivity index (χ1) is 68.0. The summed E-state index contributed by atoms with van der Waals surface area (Å²) in [4.78, 5) is 103. The van der Waals surface area contributed by atoms with E-state index in [1.54, 1.807) is 105 Å². The molecule has 9 saturated carbocycles. The number of fused-ring (bicyclic) bond motifs is 6. The van der Waals surface area contributed by atoms with Crippen molar-refractivity contribution in [3.8, 4) is 18.2 Å². The lowest BCUT2D eigenvalue weighted by atomic mass is 9.50. The van der Waals surface area contributed by atoms with E-state index in [2.05, 4.69) is 144 Å². The third-order valence-corrected chi connectivity index (χ3v) is 29.7. The van der Waals surface area contributed by atoms with Gasteiger partial charge in [-0.15, -0.1) is 15.3 Å². The van der Waals surface area contributed by atoms with Gasteiger partial charge in [-0.1, -0.05) is 149 Å². The number of carbonyl (C=O) groups is 2. The van der Waals surface area contributed by atoms with Crippen molar-refractivity contribution in [3.05, 3.63) is 267 Å². The quantitative estimate of drug-likeness (QED) is 0.0229. The number of aliphatic hydroxyl groups excluding tert-OH is 1. The van der Waals surface area contributed by atoms with Gasteiger partial charge in [0, 0.05) is 122 Å². The molecule has 9 aromatic heterocycles. The number of hydrogen-bond donors (Lipinski definition) is 6. The number of benzene rings is 6. The van der Waals surface area contributed by atoms with Gasteiger partial charge in [-0.2, -0.15) is 15.8 Å². The summed E-state index contributed by atoms with van der Waals surface area (Å²) >= 11 is 20.7. The summed E-state index contributed by atoms with van der Waals surface area (Å²) in [5.41, 5.74) is 8.48. The summed E-state index contributed by atoms with van der Waals surface area (Å²) in [6, 6.07) is 37.1. The van der Waals surface area contributed by atoms with Gasteiger partial charge < -0.3 is 54.0 Å². The molecule has 0 unspecified atom stereocenters. The van der Waals surface area contributed by atoms with E-state index in [1.807, 2.05) is 78.9 Å². The molecular weight excluding hydrogens is 1900 g/mol. The number of amides is 2. The van der Waals surface area contributed by atoms with Gasteiger partial charge in [0.2, 0.25) is 6.79 Å². The zero-order chi connectivity index (χ0) is 101. The van der Waals surface area contributed by atoms with Crippen LogP contribution in [-0.2, 0) is 62.7 Å². The monoisotopic (exact) mass is 2000 g/mol. The lowest BCUT2D eigenvalue weighted by Gasteiger charge is -2.61. The van der Waals surface area contributed by atoms with E-state index in [4.69, 9.17) is 49.4 Å². The molecule has 6 aromatic carbocycles. The predicted octanol–water partition coefficient (Wildman–Crippen LogP) is 18.4. The first kappa shape index (κ1) is 97.8. The van der Waals surface area contributed by atoms with Crippen molar-refractivity contribution in [2.45, 2.75) is 161 Å². The number of halogens is 3. The van der Waals surface area contributed by atoms with Crippen LogP contribution in [0.15, 0.2) is 179 Å². The van der Waals surface area contributed by atoms with Crippen molar-refractivity contribution in [3.63, 3.8) is 0 Å². The number of nitrogens with zero attached hydrogens (tertiary/aromatic N) is 20. The molecule has 0 spiro atoms. The number of nitriles is 3. The number of carbonyl (C=O) groups excluding carboxylic acids is 2. The molecule has 2 amide bonds. The average Bonchev–Trinajstić information content (AvgIpc) is 1.70. The predicted molar refractivity (Wildman–Crippen MR) is 544 cm³/mol. The molecule has 9 aliphatic carbocycles. The lowest BCUT2D eigenvalue weighted by Crippen LogP contribution is -2.59. The van der Waals surface area contributed by atoms with Crippen LogP contribution in [0, 0.1) is 68.0 Å². The van der Waals surface area contributed by atoms with Crippen LogP contribution < -0.4 is 42.4 Å². The van der Waals surface area contributed by atoms with Gasteiger partial charge in [-0.25, -0.2) is 32.7 Å². The Labute approximate surface area is 836 Å². The van der Waals surface area contributed by atoms with Gasteiger partial charge in [0.15, 0.2) is 6.79 Å². The van der Waals surface area contributed by atoms with Crippen molar-refractivity contribution in [1.82, 2.24) is 73.6 Å². The molecule has 9 heterocycles. The first-order valence-corrected chi connectivity index (χ1v) is 49.8. The summed E-state index contributed by atoms with van der Waals surface area (Å²) in [5, 5.41) is 83.8. The van der Waals surface area contributed by atoms with Crippen LogP contribution in [0.2, 0.25) is 15.1 Å². The zero-order valence-electron chi connectivity index (χ0n) is 80.7. The first-order valence-electron chi connectivity index (χ1n) is 47.1. The fraction of sp³-hybridized carbons (Fsp3) is 0.375. The second-order valence-electron chi connectivity index (χ2n) is 42.3. The van der Waals surface area contributed by atoms with E-state index in [0.717, 1.165) is 77.7 Å². The van der Waals surface area contributed by atoms with Crippen LogP contribution in [0.25, 0.3) is 65.0 Å². The number of pyridine rings is 6. The summed E-state index contributed by atoms with van der Waals surface area (Å²) in [6.45, 7) is 18.5.